The van der Waals surface area contributed by atoms with Crippen LogP contribution in [0.4, 0.5) is 4.39 Å². The zero-order valence-corrected chi connectivity index (χ0v) is 18.5. The minimum absolute atomic E-state index is 0.0390. The van der Waals surface area contributed by atoms with Crippen LogP contribution in [0.3, 0.4) is 0 Å². The summed E-state index contributed by atoms with van der Waals surface area (Å²) >= 11 is 1.59. The van der Waals surface area contributed by atoms with Gasteiger partial charge in [0.15, 0.2) is 0 Å². The Hall–Kier alpha value is -2.03. The number of allylic oxidation sites excluding steroid dienone is 2. The van der Waals surface area contributed by atoms with Crippen molar-refractivity contribution in [2.24, 2.45) is 0 Å². The van der Waals surface area contributed by atoms with Crippen LogP contribution in [-0.4, -0.2) is 71.5 Å². The first-order valence-corrected chi connectivity index (χ1v) is 11.1. The average Bonchev–Trinajstić information content (AvgIpc) is 2.72. The summed E-state index contributed by atoms with van der Waals surface area (Å²) in [6.45, 7) is 6.72. The maximum absolute atomic E-state index is 13.4. The third-order valence-electron chi connectivity index (χ3n) is 5.30. The van der Waals surface area contributed by atoms with E-state index in [1.807, 2.05) is 19.9 Å². The van der Waals surface area contributed by atoms with Gasteiger partial charge in [-0.15, -0.1) is 11.8 Å². The fourth-order valence-corrected chi connectivity index (χ4v) is 5.05. The van der Waals surface area contributed by atoms with Gasteiger partial charge in [0.05, 0.1) is 31.4 Å². The van der Waals surface area contributed by atoms with E-state index in [1.165, 1.54) is 12.1 Å². The van der Waals surface area contributed by atoms with Crippen molar-refractivity contribution in [1.82, 2.24) is 9.80 Å². The van der Waals surface area contributed by atoms with Gasteiger partial charge in [-0.3, -0.25) is 0 Å². The van der Waals surface area contributed by atoms with E-state index in [0.717, 1.165) is 22.7 Å². The van der Waals surface area contributed by atoms with Crippen molar-refractivity contribution in [2.75, 3.05) is 39.2 Å². The number of halogens is 1. The lowest BCUT2D eigenvalue weighted by Crippen LogP contribution is -2.53. The molecule has 30 heavy (non-hydrogen) atoms. The monoisotopic (exact) mass is 436 g/mol. The molecule has 1 unspecified atom stereocenters. The molecule has 2 aliphatic rings. The highest BCUT2D eigenvalue weighted by molar-refractivity contribution is 8.00. The maximum Gasteiger partial charge on any atom is 0.334 e. The molecule has 1 N–H and O–H groups in total. The first kappa shape index (κ1) is 22.7. The molecule has 0 aromatic heterocycles. The Labute approximate surface area is 181 Å². The predicted molar refractivity (Wildman–Crippen MR) is 115 cm³/mol. The van der Waals surface area contributed by atoms with Crippen LogP contribution in [0.15, 0.2) is 47.3 Å². The van der Waals surface area contributed by atoms with Gasteiger partial charge in [0, 0.05) is 20.2 Å². The lowest BCUT2D eigenvalue weighted by Gasteiger charge is -2.47. The van der Waals surface area contributed by atoms with E-state index in [0.29, 0.717) is 38.5 Å². The molecular weight excluding hydrogens is 407 g/mol. The third-order valence-corrected chi connectivity index (χ3v) is 6.44. The standard InChI is InChI=1S/C22H29FN2O4S/c1-4-30-21-20(22(26)27)15(2)11-19(24-9-10-29-14-18(24)13-28-3)25(21)12-16-5-7-17(23)8-6-16/h5-8,11,18,21H,4,9-10,12-14H2,1-3H3,(H,26,27)/t18-,21?/m1/s1. The van der Waals surface area contributed by atoms with Crippen molar-refractivity contribution >= 4 is 17.7 Å². The number of hydrogen-bond donors (Lipinski definition) is 1. The van der Waals surface area contributed by atoms with Gasteiger partial charge >= 0.3 is 5.97 Å². The maximum atomic E-state index is 13.4. The molecular formula is C22H29FN2O4S. The zero-order valence-electron chi connectivity index (χ0n) is 17.6. The number of carboxylic acid groups (broad SMARTS) is 1. The number of methoxy groups -OCH3 is 1. The summed E-state index contributed by atoms with van der Waals surface area (Å²) in [6, 6.07) is 6.41. The van der Waals surface area contributed by atoms with E-state index in [1.54, 1.807) is 31.0 Å². The molecule has 1 aromatic carbocycles. The number of rotatable bonds is 8. The molecule has 1 saturated heterocycles. The molecule has 0 aliphatic carbocycles. The van der Waals surface area contributed by atoms with E-state index in [9.17, 15) is 14.3 Å². The second-order valence-corrected chi connectivity index (χ2v) is 8.70. The molecule has 3 rings (SSSR count). The first-order valence-electron chi connectivity index (χ1n) is 10.1. The molecule has 2 atom stereocenters. The Morgan fingerprint density at radius 2 is 2.10 bits per heavy atom. The van der Waals surface area contributed by atoms with Crippen LogP contribution in [0.25, 0.3) is 0 Å². The molecule has 8 heteroatoms. The largest absolute Gasteiger partial charge is 0.478 e. The van der Waals surface area contributed by atoms with Crippen LogP contribution in [0.2, 0.25) is 0 Å². The molecule has 0 saturated carbocycles. The van der Waals surface area contributed by atoms with Crippen LogP contribution in [-0.2, 0) is 20.8 Å². The van der Waals surface area contributed by atoms with Crippen LogP contribution >= 0.6 is 11.8 Å². The molecule has 0 bridgehead atoms. The Morgan fingerprint density at radius 1 is 1.37 bits per heavy atom. The highest BCUT2D eigenvalue weighted by Gasteiger charge is 2.37. The quantitative estimate of drug-likeness (QED) is 0.671. The topological polar surface area (TPSA) is 62.2 Å². The van der Waals surface area contributed by atoms with Gasteiger partial charge in [0.1, 0.15) is 17.0 Å². The summed E-state index contributed by atoms with van der Waals surface area (Å²) in [5.74, 6) is 0.529. The number of hydrogen-bond acceptors (Lipinski definition) is 6. The van der Waals surface area contributed by atoms with Gasteiger partial charge in [-0.2, -0.15) is 0 Å². The van der Waals surface area contributed by atoms with Crippen LogP contribution in [0, 0.1) is 5.82 Å². The Kier molecular flexibility index (Phi) is 7.80. The fourth-order valence-electron chi connectivity index (χ4n) is 3.92. The number of ether oxygens (including phenoxy) is 2. The normalized spacial score (nSPS) is 22.3. The number of nitrogens with zero attached hydrogens (tertiary/aromatic N) is 2. The third kappa shape index (κ3) is 4.99. The Bertz CT molecular complexity index is 810. The zero-order chi connectivity index (χ0) is 21.7. The molecule has 0 spiro atoms. The highest BCUT2D eigenvalue weighted by Crippen LogP contribution is 2.37. The minimum Gasteiger partial charge on any atom is -0.478 e. The lowest BCUT2D eigenvalue weighted by molar-refractivity contribution is -0.133. The summed E-state index contributed by atoms with van der Waals surface area (Å²) in [7, 11) is 1.67. The highest BCUT2D eigenvalue weighted by atomic mass is 32.2. The SMILES string of the molecule is CCSC1C(C(=O)O)=C(C)C=C(N2CCOC[C@H]2COC)N1Cc1ccc(F)cc1. The lowest BCUT2D eigenvalue weighted by atomic mass is 10.0. The molecule has 1 aromatic rings. The van der Waals surface area contributed by atoms with Crippen molar-refractivity contribution in [2.45, 2.75) is 31.8 Å². The van der Waals surface area contributed by atoms with Crippen molar-refractivity contribution < 1.29 is 23.8 Å². The summed E-state index contributed by atoms with van der Waals surface area (Å²) in [5, 5.41) is 9.58. The van der Waals surface area contributed by atoms with E-state index in [2.05, 4.69) is 9.80 Å². The van der Waals surface area contributed by atoms with Crippen LogP contribution in [0.5, 0.6) is 0 Å². The number of thioether (sulfide) groups is 1. The Morgan fingerprint density at radius 3 is 2.73 bits per heavy atom. The molecule has 1 fully saturated rings. The van der Waals surface area contributed by atoms with Gasteiger partial charge in [-0.05, 0) is 42.0 Å². The van der Waals surface area contributed by atoms with Crippen molar-refractivity contribution in [3.8, 4) is 0 Å². The number of benzene rings is 1. The number of morpholine rings is 1. The Balaban J connectivity index is 2.04. The van der Waals surface area contributed by atoms with Crippen molar-refractivity contribution in [3.63, 3.8) is 0 Å². The predicted octanol–water partition coefficient (Wildman–Crippen LogP) is 3.31. The van der Waals surface area contributed by atoms with Crippen LogP contribution < -0.4 is 0 Å². The van der Waals surface area contributed by atoms with Crippen molar-refractivity contribution in [3.05, 3.63) is 58.7 Å². The number of carbonyl (C=O) groups is 1. The van der Waals surface area contributed by atoms with Crippen LogP contribution in [0.1, 0.15) is 19.4 Å². The van der Waals surface area contributed by atoms with Gasteiger partial charge in [-0.1, -0.05) is 19.1 Å². The second kappa shape index (κ2) is 10.3. The summed E-state index contributed by atoms with van der Waals surface area (Å²) < 4.78 is 24.5. The summed E-state index contributed by atoms with van der Waals surface area (Å²) in [4.78, 5) is 16.5. The smallest absolute Gasteiger partial charge is 0.334 e. The number of carboxylic acids is 1. The molecule has 164 valence electrons. The summed E-state index contributed by atoms with van der Waals surface area (Å²) in [6.07, 6.45) is 1.95. The fraction of sp³-hybridized carbons (Fsp3) is 0.500. The van der Waals surface area contributed by atoms with Gasteiger partial charge in [0.25, 0.3) is 0 Å². The molecule has 0 radical (unpaired) electrons. The average molecular weight is 437 g/mol. The first-order chi connectivity index (χ1) is 14.5. The summed E-state index contributed by atoms with van der Waals surface area (Å²) in [5.41, 5.74) is 2.07. The molecule has 6 nitrogen and oxygen atoms in total. The van der Waals surface area contributed by atoms with E-state index in [4.69, 9.17) is 9.47 Å². The van der Waals surface area contributed by atoms with Gasteiger partial charge in [0.2, 0.25) is 0 Å². The van der Waals surface area contributed by atoms with E-state index < -0.39 is 5.97 Å². The molecule has 2 heterocycles. The number of aliphatic carboxylic acids is 1. The van der Waals surface area contributed by atoms with Gasteiger partial charge in [-0.25, -0.2) is 9.18 Å². The molecule has 0 amide bonds. The molecule has 2 aliphatic heterocycles. The van der Waals surface area contributed by atoms with Gasteiger partial charge < -0.3 is 24.4 Å². The second-order valence-electron chi connectivity index (χ2n) is 7.34. The van der Waals surface area contributed by atoms with Crippen molar-refractivity contribution in [1.29, 1.82) is 0 Å². The minimum atomic E-state index is -0.909. The van der Waals surface area contributed by atoms with E-state index >= 15 is 0 Å². The van der Waals surface area contributed by atoms with E-state index in [-0.39, 0.29) is 17.2 Å².